The molecule has 2 N–H and O–H groups in total. The van der Waals surface area contributed by atoms with E-state index in [1.807, 2.05) is 18.2 Å². The second-order valence-electron chi connectivity index (χ2n) is 4.58. The van der Waals surface area contributed by atoms with Crippen LogP contribution in [0, 0.1) is 0 Å². The summed E-state index contributed by atoms with van der Waals surface area (Å²) in [5.41, 5.74) is 5.68. The molecule has 0 saturated carbocycles. The summed E-state index contributed by atoms with van der Waals surface area (Å²) in [5.74, 6) is 1.55. The highest BCUT2D eigenvalue weighted by Gasteiger charge is 2.22. The quantitative estimate of drug-likeness (QED) is 0.831. The molecular formula is C12H20N4. The zero-order valence-electron chi connectivity index (χ0n) is 10.1. The van der Waals surface area contributed by atoms with Crippen LogP contribution < -0.4 is 10.6 Å². The minimum absolute atomic E-state index is 0.587. The molecule has 0 spiro atoms. The number of anilines is 2. The normalized spacial score (nSPS) is 21.2. The average molecular weight is 220 g/mol. The van der Waals surface area contributed by atoms with E-state index in [4.69, 9.17) is 5.73 Å². The van der Waals surface area contributed by atoms with Crippen molar-refractivity contribution in [2.75, 3.05) is 37.8 Å². The van der Waals surface area contributed by atoms with Crippen LogP contribution >= 0.6 is 0 Å². The fraction of sp³-hybridized carbons (Fsp3) is 0.583. The summed E-state index contributed by atoms with van der Waals surface area (Å²) >= 11 is 0. The highest BCUT2D eigenvalue weighted by Crippen LogP contribution is 2.18. The first kappa shape index (κ1) is 11.2. The summed E-state index contributed by atoms with van der Waals surface area (Å²) in [6, 6.07) is 6.42. The summed E-state index contributed by atoms with van der Waals surface area (Å²) in [5, 5.41) is 0. The number of likely N-dealkylation sites (tertiary alicyclic amines) is 1. The average Bonchev–Trinajstić information content (AvgIpc) is 2.64. The van der Waals surface area contributed by atoms with E-state index in [1.165, 1.54) is 19.4 Å². The van der Waals surface area contributed by atoms with Gasteiger partial charge in [0.1, 0.15) is 11.6 Å². The van der Waals surface area contributed by atoms with Crippen LogP contribution in [0.4, 0.5) is 11.6 Å². The Morgan fingerprint density at radius 3 is 3.00 bits per heavy atom. The molecule has 4 heteroatoms. The van der Waals surface area contributed by atoms with E-state index >= 15 is 0 Å². The van der Waals surface area contributed by atoms with Crippen LogP contribution in [-0.2, 0) is 0 Å². The van der Waals surface area contributed by atoms with Gasteiger partial charge in [-0.05, 0) is 38.6 Å². The molecule has 16 heavy (non-hydrogen) atoms. The van der Waals surface area contributed by atoms with Gasteiger partial charge in [-0.15, -0.1) is 0 Å². The van der Waals surface area contributed by atoms with Gasteiger partial charge < -0.3 is 15.5 Å². The summed E-state index contributed by atoms with van der Waals surface area (Å²) in [4.78, 5) is 8.93. The minimum Gasteiger partial charge on any atom is -0.384 e. The summed E-state index contributed by atoms with van der Waals surface area (Å²) < 4.78 is 0. The molecule has 0 aromatic carbocycles. The molecule has 1 aliphatic heterocycles. The Bertz CT molecular complexity index is 353. The Balaban J connectivity index is 1.99. The topological polar surface area (TPSA) is 45.4 Å². The van der Waals surface area contributed by atoms with Crippen molar-refractivity contribution in [2.24, 2.45) is 0 Å². The SMILES string of the molecule is CN(CC1CCCN1C)c1cccc(N)n1. The number of nitrogens with two attached hydrogens (primary N) is 1. The van der Waals surface area contributed by atoms with Gasteiger partial charge in [0.05, 0.1) is 0 Å². The lowest BCUT2D eigenvalue weighted by molar-refractivity contribution is 0.314. The molecule has 4 nitrogen and oxygen atoms in total. The zero-order valence-corrected chi connectivity index (χ0v) is 10.1. The Kier molecular flexibility index (Phi) is 3.29. The van der Waals surface area contributed by atoms with E-state index in [0.717, 1.165) is 12.4 Å². The molecule has 0 bridgehead atoms. The third-order valence-electron chi connectivity index (χ3n) is 3.30. The zero-order chi connectivity index (χ0) is 11.5. The second kappa shape index (κ2) is 4.70. The molecule has 2 heterocycles. The molecule has 1 saturated heterocycles. The number of hydrogen-bond donors (Lipinski definition) is 1. The third-order valence-corrected chi connectivity index (χ3v) is 3.30. The molecule has 1 atom stereocenters. The van der Waals surface area contributed by atoms with Crippen LogP contribution in [0.5, 0.6) is 0 Å². The van der Waals surface area contributed by atoms with E-state index < -0.39 is 0 Å². The van der Waals surface area contributed by atoms with Gasteiger partial charge in [-0.25, -0.2) is 4.98 Å². The highest BCUT2D eigenvalue weighted by molar-refractivity contribution is 5.44. The lowest BCUT2D eigenvalue weighted by Crippen LogP contribution is -2.36. The maximum absolute atomic E-state index is 5.68. The standard InChI is InChI=1S/C12H20N4/c1-15-8-4-5-10(15)9-16(2)12-7-3-6-11(13)14-12/h3,6-7,10H,4-5,8-9H2,1-2H3,(H2,13,14). The van der Waals surface area contributed by atoms with Crippen molar-refractivity contribution in [3.8, 4) is 0 Å². The molecule has 0 amide bonds. The van der Waals surface area contributed by atoms with Crippen LogP contribution in [0.1, 0.15) is 12.8 Å². The number of hydrogen-bond acceptors (Lipinski definition) is 4. The fourth-order valence-corrected chi connectivity index (χ4v) is 2.27. The van der Waals surface area contributed by atoms with Crippen LogP contribution in [-0.4, -0.2) is 43.1 Å². The maximum atomic E-state index is 5.68. The number of likely N-dealkylation sites (N-methyl/N-ethyl adjacent to an activating group) is 2. The number of nitrogens with zero attached hydrogens (tertiary/aromatic N) is 3. The van der Waals surface area contributed by atoms with Gasteiger partial charge in [-0.3, -0.25) is 0 Å². The summed E-state index contributed by atoms with van der Waals surface area (Å²) in [6.45, 7) is 2.23. The van der Waals surface area contributed by atoms with Crippen molar-refractivity contribution in [3.63, 3.8) is 0 Å². The van der Waals surface area contributed by atoms with Crippen LogP contribution in [0.15, 0.2) is 18.2 Å². The van der Waals surface area contributed by atoms with E-state index in [1.54, 1.807) is 0 Å². The molecule has 0 radical (unpaired) electrons. The van der Waals surface area contributed by atoms with E-state index in [9.17, 15) is 0 Å². The first-order valence-electron chi connectivity index (χ1n) is 5.81. The van der Waals surface area contributed by atoms with Gasteiger partial charge in [0.2, 0.25) is 0 Å². The van der Waals surface area contributed by atoms with E-state index in [0.29, 0.717) is 11.9 Å². The lowest BCUT2D eigenvalue weighted by atomic mass is 10.2. The number of pyridine rings is 1. The van der Waals surface area contributed by atoms with Crippen molar-refractivity contribution in [1.82, 2.24) is 9.88 Å². The number of rotatable bonds is 3. The first-order chi connectivity index (χ1) is 7.66. The Morgan fingerprint density at radius 1 is 1.56 bits per heavy atom. The number of nitrogen functional groups attached to an aromatic ring is 1. The third kappa shape index (κ3) is 2.44. The lowest BCUT2D eigenvalue weighted by Gasteiger charge is -2.26. The van der Waals surface area contributed by atoms with Gasteiger partial charge in [0, 0.05) is 19.6 Å². The van der Waals surface area contributed by atoms with Crippen molar-refractivity contribution in [3.05, 3.63) is 18.2 Å². The predicted octanol–water partition coefficient (Wildman–Crippen LogP) is 1.19. The van der Waals surface area contributed by atoms with Crippen LogP contribution in [0.2, 0.25) is 0 Å². The molecule has 1 aromatic heterocycles. The molecule has 2 rings (SSSR count). The smallest absolute Gasteiger partial charge is 0.130 e. The van der Waals surface area contributed by atoms with Gasteiger partial charge in [0.25, 0.3) is 0 Å². The van der Waals surface area contributed by atoms with Gasteiger partial charge in [-0.1, -0.05) is 6.07 Å². The van der Waals surface area contributed by atoms with E-state index in [-0.39, 0.29) is 0 Å². The predicted molar refractivity (Wildman–Crippen MR) is 67.6 cm³/mol. The van der Waals surface area contributed by atoms with Crippen molar-refractivity contribution in [1.29, 1.82) is 0 Å². The Morgan fingerprint density at radius 2 is 2.38 bits per heavy atom. The molecule has 1 aromatic rings. The fourth-order valence-electron chi connectivity index (χ4n) is 2.27. The molecule has 1 unspecified atom stereocenters. The van der Waals surface area contributed by atoms with E-state index in [2.05, 4.69) is 28.9 Å². The van der Waals surface area contributed by atoms with Crippen molar-refractivity contribution in [2.45, 2.75) is 18.9 Å². The van der Waals surface area contributed by atoms with Crippen LogP contribution in [0.3, 0.4) is 0 Å². The minimum atomic E-state index is 0.587. The second-order valence-corrected chi connectivity index (χ2v) is 4.58. The highest BCUT2D eigenvalue weighted by atomic mass is 15.2. The maximum Gasteiger partial charge on any atom is 0.130 e. The molecule has 1 fully saturated rings. The van der Waals surface area contributed by atoms with Gasteiger partial charge in [0.15, 0.2) is 0 Å². The first-order valence-corrected chi connectivity index (χ1v) is 5.81. The molecular weight excluding hydrogens is 200 g/mol. The Hall–Kier alpha value is -1.29. The summed E-state index contributed by atoms with van der Waals surface area (Å²) in [6.07, 6.45) is 2.59. The largest absolute Gasteiger partial charge is 0.384 e. The van der Waals surface area contributed by atoms with Crippen LogP contribution in [0.25, 0.3) is 0 Å². The monoisotopic (exact) mass is 220 g/mol. The van der Waals surface area contributed by atoms with Crippen molar-refractivity contribution < 1.29 is 0 Å². The van der Waals surface area contributed by atoms with Crippen molar-refractivity contribution >= 4 is 11.6 Å². The van der Waals surface area contributed by atoms with Gasteiger partial charge in [-0.2, -0.15) is 0 Å². The Labute approximate surface area is 97.1 Å². The summed E-state index contributed by atoms with van der Waals surface area (Å²) in [7, 11) is 4.27. The number of aromatic nitrogens is 1. The molecule has 0 aliphatic carbocycles. The molecule has 1 aliphatic rings. The molecule has 88 valence electrons. The van der Waals surface area contributed by atoms with Gasteiger partial charge >= 0.3 is 0 Å².